The zero-order valence-electron chi connectivity index (χ0n) is 7.72. The first-order chi connectivity index (χ1) is 5.79. The molecule has 0 radical (unpaired) electrons. The van der Waals surface area contributed by atoms with Crippen molar-refractivity contribution in [2.24, 2.45) is 0 Å². The number of hydrogen-bond acceptors (Lipinski definition) is 1. The minimum absolute atomic E-state index is 0.618. The van der Waals surface area contributed by atoms with Crippen molar-refractivity contribution in [1.29, 1.82) is 0 Å². The molecule has 1 heterocycles. The Labute approximate surface area is 73.8 Å². The van der Waals surface area contributed by atoms with Crippen LogP contribution < -0.4 is 5.32 Å². The van der Waals surface area contributed by atoms with E-state index in [-0.39, 0.29) is 0 Å². The molecule has 12 heavy (non-hydrogen) atoms. The van der Waals surface area contributed by atoms with Crippen LogP contribution in [0.3, 0.4) is 0 Å². The highest BCUT2D eigenvalue weighted by molar-refractivity contribution is 5.57. The molecule has 1 nitrogen and oxygen atoms in total. The first kappa shape index (κ1) is 7.66. The molecule has 1 aliphatic heterocycles. The number of benzene rings is 1. The molecule has 0 unspecified atom stereocenters. The van der Waals surface area contributed by atoms with Gasteiger partial charge in [0.25, 0.3) is 0 Å². The van der Waals surface area contributed by atoms with Gasteiger partial charge in [-0.15, -0.1) is 0 Å². The van der Waals surface area contributed by atoms with Gasteiger partial charge >= 0.3 is 0 Å². The summed E-state index contributed by atoms with van der Waals surface area (Å²) in [5.74, 6) is 0. The predicted molar refractivity (Wildman–Crippen MR) is 52.6 cm³/mol. The largest absolute Gasteiger partial charge is 0.382 e. The number of hydrogen-bond donors (Lipinski definition) is 1. The maximum Gasteiger partial charge on any atom is 0.0375 e. The van der Waals surface area contributed by atoms with Crippen LogP contribution in [0.1, 0.15) is 25.0 Å². The van der Waals surface area contributed by atoms with E-state index in [0.717, 1.165) is 6.42 Å². The Morgan fingerprint density at radius 3 is 3.08 bits per heavy atom. The smallest absolute Gasteiger partial charge is 0.0375 e. The Morgan fingerprint density at radius 2 is 2.33 bits per heavy atom. The maximum atomic E-state index is 3.45. The first-order valence-corrected chi connectivity index (χ1v) is 4.68. The van der Waals surface area contributed by atoms with Crippen molar-refractivity contribution in [2.75, 3.05) is 5.32 Å². The Morgan fingerprint density at radius 1 is 1.50 bits per heavy atom. The molecule has 1 N–H and O–H groups in total. The van der Waals surface area contributed by atoms with E-state index in [2.05, 4.69) is 37.4 Å². The third-order valence-electron chi connectivity index (χ3n) is 2.51. The van der Waals surface area contributed by atoms with E-state index in [4.69, 9.17) is 0 Å². The minimum atomic E-state index is 0.618. The van der Waals surface area contributed by atoms with Crippen LogP contribution in [0.2, 0.25) is 0 Å². The molecule has 1 aromatic carbocycles. The molecule has 1 aliphatic rings. The van der Waals surface area contributed by atoms with E-state index in [9.17, 15) is 0 Å². The number of aryl methyl sites for hydroxylation is 1. The van der Waals surface area contributed by atoms with Crippen molar-refractivity contribution in [3.63, 3.8) is 0 Å². The first-order valence-electron chi connectivity index (χ1n) is 4.68. The predicted octanol–water partition coefficient (Wildman–Crippen LogP) is 2.61. The Balaban J connectivity index is 2.35. The summed E-state index contributed by atoms with van der Waals surface area (Å²) in [6.07, 6.45) is 2.32. The van der Waals surface area contributed by atoms with Crippen molar-refractivity contribution >= 4 is 5.69 Å². The average Bonchev–Trinajstić information content (AvgIpc) is 2.43. The molecule has 0 aromatic heterocycles. The summed E-state index contributed by atoms with van der Waals surface area (Å²) >= 11 is 0. The molecule has 0 saturated carbocycles. The summed E-state index contributed by atoms with van der Waals surface area (Å²) in [6.45, 7) is 4.43. The SMILES string of the molecule is CCc1ccc2c(c1)C[C@@H](C)N2. The molecule has 0 fully saturated rings. The van der Waals surface area contributed by atoms with Crippen LogP contribution in [0, 0.1) is 0 Å². The fourth-order valence-electron chi connectivity index (χ4n) is 1.82. The second kappa shape index (κ2) is 2.81. The van der Waals surface area contributed by atoms with Crippen LogP contribution in [-0.2, 0) is 12.8 Å². The highest BCUT2D eigenvalue weighted by atomic mass is 14.9. The van der Waals surface area contributed by atoms with Gasteiger partial charge in [-0.25, -0.2) is 0 Å². The summed E-state index contributed by atoms with van der Waals surface area (Å²) in [7, 11) is 0. The van der Waals surface area contributed by atoms with E-state index in [0.29, 0.717) is 6.04 Å². The average molecular weight is 161 g/mol. The Kier molecular flexibility index (Phi) is 1.80. The van der Waals surface area contributed by atoms with Crippen LogP contribution in [0.5, 0.6) is 0 Å². The lowest BCUT2D eigenvalue weighted by molar-refractivity contribution is 0.838. The van der Waals surface area contributed by atoms with E-state index in [1.54, 1.807) is 0 Å². The van der Waals surface area contributed by atoms with Crippen LogP contribution >= 0.6 is 0 Å². The molecule has 1 heteroatoms. The number of nitrogens with one attached hydrogen (secondary N) is 1. The third kappa shape index (κ3) is 1.20. The quantitative estimate of drug-likeness (QED) is 0.667. The zero-order chi connectivity index (χ0) is 8.55. The van der Waals surface area contributed by atoms with Crippen molar-refractivity contribution in [1.82, 2.24) is 0 Å². The molecular formula is C11H15N. The second-order valence-corrected chi connectivity index (χ2v) is 3.59. The number of rotatable bonds is 1. The lowest BCUT2D eigenvalue weighted by Crippen LogP contribution is -2.08. The van der Waals surface area contributed by atoms with Gasteiger partial charge in [0.1, 0.15) is 0 Å². The van der Waals surface area contributed by atoms with Gasteiger partial charge < -0.3 is 5.32 Å². The van der Waals surface area contributed by atoms with Gasteiger partial charge in [0, 0.05) is 11.7 Å². The molecule has 64 valence electrons. The fraction of sp³-hybridized carbons (Fsp3) is 0.455. The van der Waals surface area contributed by atoms with E-state index in [1.807, 2.05) is 0 Å². The van der Waals surface area contributed by atoms with Crippen LogP contribution in [0.15, 0.2) is 18.2 Å². The molecule has 1 aromatic rings. The summed E-state index contributed by atoms with van der Waals surface area (Å²) in [4.78, 5) is 0. The van der Waals surface area contributed by atoms with Gasteiger partial charge in [-0.3, -0.25) is 0 Å². The van der Waals surface area contributed by atoms with Gasteiger partial charge in [-0.2, -0.15) is 0 Å². The highest BCUT2D eigenvalue weighted by Gasteiger charge is 2.15. The number of anilines is 1. The summed E-state index contributed by atoms with van der Waals surface area (Å²) in [6, 6.07) is 7.36. The van der Waals surface area contributed by atoms with Crippen molar-refractivity contribution in [2.45, 2.75) is 32.7 Å². The van der Waals surface area contributed by atoms with Crippen molar-refractivity contribution in [3.8, 4) is 0 Å². The van der Waals surface area contributed by atoms with Crippen LogP contribution in [0.25, 0.3) is 0 Å². The summed E-state index contributed by atoms with van der Waals surface area (Å²) < 4.78 is 0. The van der Waals surface area contributed by atoms with Gasteiger partial charge in [0.05, 0.1) is 0 Å². The fourth-order valence-corrected chi connectivity index (χ4v) is 1.82. The second-order valence-electron chi connectivity index (χ2n) is 3.59. The molecule has 0 saturated heterocycles. The Hall–Kier alpha value is -0.980. The standard InChI is InChI=1S/C11H15N/c1-3-9-4-5-11-10(7-9)6-8(2)12-11/h4-5,7-8,12H,3,6H2,1-2H3/t8-/m1/s1. The molecule has 0 spiro atoms. The molecule has 0 aliphatic carbocycles. The van der Waals surface area contributed by atoms with Crippen molar-refractivity contribution < 1.29 is 0 Å². The van der Waals surface area contributed by atoms with E-state index < -0.39 is 0 Å². The molecular weight excluding hydrogens is 146 g/mol. The maximum absolute atomic E-state index is 3.45. The lowest BCUT2D eigenvalue weighted by atomic mass is 10.1. The topological polar surface area (TPSA) is 12.0 Å². The highest BCUT2D eigenvalue weighted by Crippen LogP contribution is 2.26. The molecule has 2 rings (SSSR count). The van der Waals surface area contributed by atoms with E-state index in [1.165, 1.54) is 23.2 Å². The van der Waals surface area contributed by atoms with Gasteiger partial charge in [0.2, 0.25) is 0 Å². The molecule has 1 atom stereocenters. The normalized spacial score (nSPS) is 20.3. The third-order valence-corrected chi connectivity index (χ3v) is 2.51. The number of fused-ring (bicyclic) bond motifs is 1. The lowest BCUT2D eigenvalue weighted by Gasteiger charge is -2.02. The van der Waals surface area contributed by atoms with Crippen LogP contribution in [0.4, 0.5) is 5.69 Å². The van der Waals surface area contributed by atoms with Crippen molar-refractivity contribution in [3.05, 3.63) is 29.3 Å². The Bertz CT molecular complexity index is 291. The van der Waals surface area contributed by atoms with Gasteiger partial charge in [0.15, 0.2) is 0 Å². The monoisotopic (exact) mass is 161 g/mol. The summed E-state index contributed by atoms with van der Waals surface area (Å²) in [5.41, 5.74) is 4.27. The minimum Gasteiger partial charge on any atom is -0.382 e. The molecule has 0 bridgehead atoms. The zero-order valence-corrected chi connectivity index (χ0v) is 7.72. The van der Waals surface area contributed by atoms with Gasteiger partial charge in [-0.05, 0) is 37.0 Å². The van der Waals surface area contributed by atoms with E-state index >= 15 is 0 Å². The molecule has 0 amide bonds. The summed E-state index contributed by atoms with van der Waals surface area (Å²) in [5, 5.41) is 3.45. The van der Waals surface area contributed by atoms with Crippen LogP contribution in [-0.4, -0.2) is 6.04 Å². The van der Waals surface area contributed by atoms with Gasteiger partial charge in [-0.1, -0.05) is 19.1 Å².